The van der Waals surface area contributed by atoms with E-state index in [1.807, 2.05) is 0 Å². The van der Waals surface area contributed by atoms with Crippen LogP contribution in [0.3, 0.4) is 0 Å². The second-order valence-electron chi connectivity index (χ2n) is 8.94. The van der Waals surface area contributed by atoms with Crippen LogP contribution < -0.4 is 5.32 Å². The average molecular weight is 293 g/mol. The summed E-state index contributed by atoms with van der Waals surface area (Å²) in [4.78, 5) is 2.85. The first-order chi connectivity index (χ1) is 10.1. The fourth-order valence-corrected chi connectivity index (χ4v) is 4.35. The molecule has 2 nitrogen and oxygen atoms in total. The molecular weight excluding hydrogens is 256 g/mol. The second-order valence-corrected chi connectivity index (χ2v) is 8.94. The van der Waals surface area contributed by atoms with E-state index in [0.717, 1.165) is 30.3 Å². The molecule has 0 radical (unpaired) electrons. The van der Waals surface area contributed by atoms with Crippen LogP contribution in [0.5, 0.6) is 0 Å². The summed E-state index contributed by atoms with van der Waals surface area (Å²) in [5.41, 5.74) is 0.557. The molecule has 3 rings (SSSR count). The van der Waals surface area contributed by atoms with Gasteiger partial charge < -0.3 is 10.2 Å². The van der Waals surface area contributed by atoms with Crippen LogP contribution in [0.2, 0.25) is 0 Å². The highest BCUT2D eigenvalue weighted by Crippen LogP contribution is 2.40. The van der Waals surface area contributed by atoms with E-state index in [-0.39, 0.29) is 0 Å². The van der Waals surface area contributed by atoms with Crippen LogP contribution in [0.1, 0.15) is 65.7 Å². The van der Waals surface area contributed by atoms with Crippen molar-refractivity contribution in [2.45, 2.75) is 71.8 Å². The summed E-state index contributed by atoms with van der Waals surface area (Å²) in [5, 5.41) is 3.79. The fourth-order valence-electron chi connectivity index (χ4n) is 4.35. The maximum absolute atomic E-state index is 3.79. The van der Waals surface area contributed by atoms with E-state index < -0.39 is 0 Å². The summed E-state index contributed by atoms with van der Waals surface area (Å²) in [6.45, 7) is 12.5. The van der Waals surface area contributed by atoms with Crippen LogP contribution in [0.25, 0.3) is 0 Å². The molecule has 0 aromatic carbocycles. The molecule has 0 spiro atoms. The van der Waals surface area contributed by atoms with Crippen molar-refractivity contribution in [3.8, 4) is 0 Å². The first-order valence-corrected chi connectivity index (χ1v) is 9.51. The summed E-state index contributed by atoms with van der Waals surface area (Å²) >= 11 is 0. The minimum atomic E-state index is 0.557. The average Bonchev–Trinajstić information content (AvgIpc) is 3.28. The molecule has 0 bridgehead atoms. The fraction of sp³-hybridized carbons (Fsp3) is 1.00. The van der Waals surface area contributed by atoms with E-state index in [0.29, 0.717) is 5.41 Å². The van der Waals surface area contributed by atoms with Gasteiger partial charge in [0.05, 0.1) is 0 Å². The third-order valence-electron chi connectivity index (χ3n) is 5.90. The lowest BCUT2D eigenvalue weighted by molar-refractivity contribution is 0.0965. The minimum Gasteiger partial charge on any atom is -0.314 e. The van der Waals surface area contributed by atoms with E-state index in [9.17, 15) is 0 Å². The topological polar surface area (TPSA) is 15.3 Å². The second kappa shape index (κ2) is 6.58. The highest BCUT2D eigenvalue weighted by molar-refractivity contribution is 4.92. The molecule has 1 N–H and O–H groups in total. The number of rotatable bonds is 8. The first kappa shape index (κ1) is 15.8. The Labute approximate surface area is 132 Å². The molecule has 3 saturated carbocycles. The number of hydrogen-bond donors (Lipinski definition) is 1. The Morgan fingerprint density at radius 2 is 1.57 bits per heavy atom. The highest BCUT2D eigenvalue weighted by Gasteiger charge is 2.37. The van der Waals surface area contributed by atoms with Gasteiger partial charge in [-0.25, -0.2) is 0 Å². The van der Waals surface area contributed by atoms with E-state index in [4.69, 9.17) is 0 Å². The van der Waals surface area contributed by atoms with Crippen molar-refractivity contribution < 1.29 is 0 Å². The van der Waals surface area contributed by atoms with Crippen molar-refractivity contribution in [3.63, 3.8) is 0 Å². The van der Waals surface area contributed by atoms with Gasteiger partial charge in [0, 0.05) is 25.7 Å². The maximum Gasteiger partial charge on any atom is 0.0108 e. The van der Waals surface area contributed by atoms with Crippen LogP contribution in [-0.2, 0) is 0 Å². The lowest BCUT2D eigenvalue weighted by Gasteiger charge is -2.43. The smallest absolute Gasteiger partial charge is 0.0108 e. The molecule has 21 heavy (non-hydrogen) atoms. The summed E-state index contributed by atoms with van der Waals surface area (Å²) in [6, 6.07) is 0.768. The van der Waals surface area contributed by atoms with Gasteiger partial charge in [-0.15, -0.1) is 0 Å². The van der Waals surface area contributed by atoms with E-state index in [1.165, 1.54) is 64.6 Å². The largest absolute Gasteiger partial charge is 0.314 e. The standard InChI is InChI=1S/C19H36N2/c1-4-20-18-9-10-19(2,3)11-17(18)14-21(12-15-5-6-15)13-16-7-8-16/h15-18,20H,4-14H2,1-3H3. The van der Waals surface area contributed by atoms with Crippen molar-refractivity contribution in [2.75, 3.05) is 26.2 Å². The first-order valence-electron chi connectivity index (χ1n) is 9.51. The molecule has 0 aliphatic heterocycles. The Morgan fingerprint density at radius 1 is 0.952 bits per heavy atom. The van der Waals surface area contributed by atoms with Gasteiger partial charge in [-0.1, -0.05) is 20.8 Å². The van der Waals surface area contributed by atoms with Gasteiger partial charge >= 0.3 is 0 Å². The van der Waals surface area contributed by atoms with E-state index in [1.54, 1.807) is 0 Å². The molecule has 0 aromatic heterocycles. The summed E-state index contributed by atoms with van der Waals surface area (Å²) in [6.07, 6.45) is 10.2. The normalized spacial score (nSPS) is 32.6. The maximum atomic E-state index is 3.79. The predicted molar refractivity (Wildman–Crippen MR) is 90.5 cm³/mol. The monoisotopic (exact) mass is 292 g/mol. The molecule has 3 aliphatic rings. The molecule has 2 atom stereocenters. The number of hydrogen-bond acceptors (Lipinski definition) is 2. The predicted octanol–water partition coefficient (Wildman–Crippen LogP) is 3.91. The summed E-state index contributed by atoms with van der Waals surface area (Å²) in [5.74, 6) is 2.95. The molecule has 0 saturated heterocycles. The lowest BCUT2D eigenvalue weighted by atomic mass is 9.69. The zero-order valence-corrected chi connectivity index (χ0v) is 14.5. The third-order valence-corrected chi connectivity index (χ3v) is 5.90. The molecule has 2 heteroatoms. The van der Waals surface area contributed by atoms with Crippen LogP contribution in [-0.4, -0.2) is 37.1 Å². The Kier molecular flexibility index (Phi) is 4.95. The van der Waals surface area contributed by atoms with Crippen molar-refractivity contribution in [1.29, 1.82) is 0 Å². The molecule has 3 aliphatic carbocycles. The Hall–Kier alpha value is -0.0800. The summed E-state index contributed by atoms with van der Waals surface area (Å²) < 4.78 is 0. The molecule has 2 unspecified atom stereocenters. The van der Waals surface area contributed by atoms with Gasteiger partial charge in [0.25, 0.3) is 0 Å². The lowest BCUT2D eigenvalue weighted by Crippen LogP contribution is -2.48. The van der Waals surface area contributed by atoms with Crippen molar-refractivity contribution in [2.24, 2.45) is 23.2 Å². The van der Waals surface area contributed by atoms with Gasteiger partial charge in [-0.05, 0) is 74.7 Å². The molecule has 0 heterocycles. The molecule has 122 valence electrons. The highest BCUT2D eigenvalue weighted by atomic mass is 15.1. The van der Waals surface area contributed by atoms with Gasteiger partial charge in [0.15, 0.2) is 0 Å². The van der Waals surface area contributed by atoms with Crippen LogP contribution in [0.15, 0.2) is 0 Å². The Bertz CT molecular complexity index is 316. The van der Waals surface area contributed by atoms with Crippen molar-refractivity contribution in [1.82, 2.24) is 10.2 Å². The third kappa shape index (κ3) is 4.96. The van der Waals surface area contributed by atoms with Crippen LogP contribution in [0.4, 0.5) is 0 Å². The van der Waals surface area contributed by atoms with Crippen LogP contribution in [0, 0.1) is 23.2 Å². The Morgan fingerprint density at radius 3 is 2.10 bits per heavy atom. The number of nitrogens with one attached hydrogen (secondary N) is 1. The van der Waals surface area contributed by atoms with E-state index >= 15 is 0 Å². The number of nitrogens with zero attached hydrogens (tertiary/aromatic N) is 1. The minimum absolute atomic E-state index is 0.557. The van der Waals surface area contributed by atoms with Gasteiger partial charge in [-0.2, -0.15) is 0 Å². The SMILES string of the molecule is CCNC1CCC(C)(C)CC1CN(CC1CC1)CC1CC1. The van der Waals surface area contributed by atoms with Gasteiger partial charge in [-0.3, -0.25) is 0 Å². The van der Waals surface area contributed by atoms with Gasteiger partial charge in [0.2, 0.25) is 0 Å². The van der Waals surface area contributed by atoms with Crippen molar-refractivity contribution in [3.05, 3.63) is 0 Å². The molecule has 3 fully saturated rings. The quantitative estimate of drug-likeness (QED) is 0.729. The Balaban J connectivity index is 1.58. The van der Waals surface area contributed by atoms with Gasteiger partial charge in [0.1, 0.15) is 0 Å². The van der Waals surface area contributed by atoms with Crippen molar-refractivity contribution >= 4 is 0 Å². The summed E-state index contributed by atoms with van der Waals surface area (Å²) in [7, 11) is 0. The zero-order valence-electron chi connectivity index (χ0n) is 14.5. The molecule has 0 amide bonds. The van der Waals surface area contributed by atoms with E-state index in [2.05, 4.69) is 31.0 Å². The molecule has 0 aromatic rings. The molecular formula is C19H36N2. The zero-order chi connectivity index (χ0) is 14.9. The van der Waals surface area contributed by atoms with Crippen LogP contribution >= 0.6 is 0 Å².